The molecule has 0 heterocycles. The maximum absolute atomic E-state index is 12.0. The summed E-state index contributed by atoms with van der Waals surface area (Å²) in [7, 11) is 1.82. The monoisotopic (exact) mass is 287 g/mol. The maximum atomic E-state index is 12.0. The minimum atomic E-state index is 0.0828. The van der Waals surface area contributed by atoms with E-state index in [9.17, 15) is 4.79 Å². The van der Waals surface area contributed by atoms with Crippen LogP contribution in [0, 0.1) is 0 Å². The highest BCUT2D eigenvalue weighted by molar-refractivity contribution is 9.09. The van der Waals surface area contributed by atoms with E-state index in [2.05, 4.69) is 15.9 Å². The highest BCUT2D eigenvalue weighted by Crippen LogP contribution is 2.20. The molecule has 0 atom stereocenters. The smallest absolute Gasteiger partial charge is 0.254 e. The first-order chi connectivity index (χ1) is 7.20. The summed E-state index contributed by atoms with van der Waals surface area (Å²) in [5.74, 6) is 0.0828. The third-order valence-corrected chi connectivity index (χ3v) is 3.25. The second-order valence-electron chi connectivity index (χ2n) is 3.12. The molecule has 0 radical (unpaired) electrons. The van der Waals surface area contributed by atoms with Crippen LogP contribution in [0.5, 0.6) is 0 Å². The number of halogens is 1. The summed E-state index contributed by atoms with van der Waals surface area (Å²) in [6.07, 6.45) is 1.98. The van der Waals surface area contributed by atoms with Gasteiger partial charge in [-0.3, -0.25) is 4.79 Å². The molecule has 0 saturated heterocycles. The second-order valence-corrected chi connectivity index (χ2v) is 4.76. The number of hydrogen-bond donors (Lipinski definition) is 0. The number of hydrogen-bond acceptors (Lipinski definition) is 2. The molecule has 0 N–H and O–H groups in total. The Morgan fingerprint density at radius 2 is 2.13 bits per heavy atom. The Balaban J connectivity index is 2.90. The molecule has 1 amide bonds. The lowest BCUT2D eigenvalue weighted by atomic mass is 10.2. The molecule has 0 aromatic heterocycles. The van der Waals surface area contributed by atoms with Crippen LogP contribution in [0.2, 0.25) is 0 Å². The van der Waals surface area contributed by atoms with Crippen LogP contribution in [0.3, 0.4) is 0 Å². The van der Waals surface area contributed by atoms with E-state index in [1.165, 1.54) is 0 Å². The van der Waals surface area contributed by atoms with Crippen LogP contribution < -0.4 is 0 Å². The molecule has 0 saturated carbocycles. The fourth-order valence-corrected chi connectivity index (χ4v) is 2.38. The van der Waals surface area contributed by atoms with E-state index in [-0.39, 0.29) is 5.91 Å². The Morgan fingerprint density at radius 3 is 2.73 bits per heavy atom. The lowest BCUT2D eigenvalue weighted by molar-refractivity contribution is 0.0800. The van der Waals surface area contributed by atoms with Gasteiger partial charge in [-0.2, -0.15) is 0 Å². The number of nitrogens with zero attached hydrogens (tertiary/aromatic N) is 1. The molecular formula is C11H14BrNOS. The summed E-state index contributed by atoms with van der Waals surface area (Å²) in [6.45, 7) is 0.724. The summed E-state index contributed by atoms with van der Waals surface area (Å²) in [6, 6.07) is 7.70. The SMILES string of the molecule is CSc1ccccc1C(=O)N(C)CCBr. The number of rotatable bonds is 4. The standard InChI is InChI=1S/C11H14BrNOS/c1-13(8-7-12)11(14)9-5-3-4-6-10(9)15-2/h3-6H,7-8H2,1-2H3. The molecule has 0 aliphatic rings. The van der Waals surface area contributed by atoms with Crippen LogP contribution in [-0.4, -0.2) is 36.0 Å². The van der Waals surface area contributed by atoms with Gasteiger partial charge in [-0.25, -0.2) is 0 Å². The molecule has 4 heteroatoms. The molecule has 0 aliphatic carbocycles. The molecule has 0 fully saturated rings. The third kappa shape index (κ3) is 3.24. The van der Waals surface area contributed by atoms with Crippen LogP contribution in [0.1, 0.15) is 10.4 Å². The first-order valence-electron chi connectivity index (χ1n) is 4.65. The summed E-state index contributed by atoms with van der Waals surface area (Å²) in [5, 5.41) is 0.802. The number of amides is 1. The zero-order chi connectivity index (χ0) is 11.3. The quantitative estimate of drug-likeness (QED) is 0.627. The Hall–Kier alpha value is -0.480. The Labute approximate surface area is 103 Å². The molecular weight excluding hydrogens is 274 g/mol. The van der Waals surface area contributed by atoms with Crippen LogP contribution in [0.15, 0.2) is 29.2 Å². The van der Waals surface area contributed by atoms with Gasteiger partial charge in [0.1, 0.15) is 0 Å². The summed E-state index contributed by atoms with van der Waals surface area (Å²) in [5.41, 5.74) is 0.786. The van der Waals surface area contributed by atoms with Crippen molar-refractivity contribution < 1.29 is 4.79 Å². The van der Waals surface area contributed by atoms with Crippen molar-refractivity contribution in [1.82, 2.24) is 4.90 Å². The van der Waals surface area contributed by atoms with E-state index in [4.69, 9.17) is 0 Å². The van der Waals surface area contributed by atoms with Crippen LogP contribution in [0.4, 0.5) is 0 Å². The average molecular weight is 288 g/mol. The van der Waals surface area contributed by atoms with Crippen molar-refractivity contribution in [2.24, 2.45) is 0 Å². The van der Waals surface area contributed by atoms with Crippen LogP contribution in [-0.2, 0) is 0 Å². The fraction of sp³-hybridized carbons (Fsp3) is 0.364. The molecule has 1 aromatic rings. The average Bonchev–Trinajstić information content (AvgIpc) is 2.28. The molecule has 0 spiro atoms. The van der Waals surface area contributed by atoms with Crippen molar-refractivity contribution >= 4 is 33.6 Å². The van der Waals surface area contributed by atoms with Gasteiger partial charge in [0.25, 0.3) is 5.91 Å². The normalized spacial score (nSPS) is 10.1. The molecule has 1 aromatic carbocycles. The molecule has 15 heavy (non-hydrogen) atoms. The van der Waals surface area contributed by atoms with Gasteiger partial charge in [-0.15, -0.1) is 11.8 Å². The topological polar surface area (TPSA) is 20.3 Å². The summed E-state index contributed by atoms with van der Waals surface area (Å²) >= 11 is 4.93. The van der Waals surface area contributed by atoms with E-state index in [0.717, 1.165) is 22.3 Å². The van der Waals surface area contributed by atoms with Gasteiger partial charge in [0, 0.05) is 23.8 Å². The number of thioether (sulfide) groups is 1. The van der Waals surface area contributed by atoms with Gasteiger partial charge < -0.3 is 4.90 Å². The van der Waals surface area contributed by atoms with E-state index in [1.807, 2.05) is 37.6 Å². The molecule has 82 valence electrons. The van der Waals surface area contributed by atoms with Crippen molar-refractivity contribution in [3.8, 4) is 0 Å². The van der Waals surface area contributed by atoms with Crippen molar-refractivity contribution in [2.75, 3.05) is 25.2 Å². The molecule has 0 aliphatic heterocycles. The second kappa shape index (κ2) is 6.18. The molecule has 0 unspecified atom stereocenters. The fourth-order valence-electron chi connectivity index (χ4n) is 1.26. The van der Waals surface area contributed by atoms with Gasteiger partial charge in [0.2, 0.25) is 0 Å². The number of carbonyl (C=O) groups is 1. The molecule has 2 nitrogen and oxygen atoms in total. The number of alkyl halides is 1. The zero-order valence-corrected chi connectivity index (χ0v) is 11.3. The first kappa shape index (κ1) is 12.6. The summed E-state index contributed by atoms with van der Waals surface area (Å²) in [4.78, 5) is 14.8. The Morgan fingerprint density at radius 1 is 1.47 bits per heavy atom. The van der Waals surface area contributed by atoms with E-state index < -0.39 is 0 Å². The molecule has 0 bridgehead atoms. The molecule has 1 rings (SSSR count). The van der Waals surface area contributed by atoms with Gasteiger partial charge >= 0.3 is 0 Å². The van der Waals surface area contributed by atoms with Gasteiger partial charge in [-0.1, -0.05) is 28.1 Å². The van der Waals surface area contributed by atoms with E-state index in [0.29, 0.717) is 0 Å². The Bertz CT molecular complexity index is 343. The Kier molecular flexibility index (Phi) is 5.19. The maximum Gasteiger partial charge on any atom is 0.254 e. The largest absolute Gasteiger partial charge is 0.341 e. The first-order valence-corrected chi connectivity index (χ1v) is 6.99. The number of benzene rings is 1. The van der Waals surface area contributed by atoms with E-state index in [1.54, 1.807) is 16.7 Å². The minimum absolute atomic E-state index is 0.0828. The third-order valence-electron chi connectivity index (χ3n) is 2.10. The lowest BCUT2D eigenvalue weighted by Crippen LogP contribution is -2.28. The lowest BCUT2D eigenvalue weighted by Gasteiger charge is -2.17. The van der Waals surface area contributed by atoms with Crippen molar-refractivity contribution in [1.29, 1.82) is 0 Å². The van der Waals surface area contributed by atoms with Crippen LogP contribution >= 0.6 is 27.7 Å². The van der Waals surface area contributed by atoms with E-state index >= 15 is 0 Å². The highest BCUT2D eigenvalue weighted by atomic mass is 79.9. The summed E-state index contributed by atoms with van der Waals surface area (Å²) < 4.78 is 0. The minimum Gasteiger partial charge on any atom is -0.341 e. The van der Waals surface area contributed by atoms with Gasteiger partial charge in [0.15, 0.2) is 0 Å². The van der Waals surface area contributed by atoms with Gasteiger partial charge in [-0.05, 0) is 18.4 Å². The van der Waals surface area contributed by atoms with Crippen molar-refractivity contribution in [2.45, 2.75) is 4.90 Å². The zero-order valence-electron chi connectivity index (χ0n) is 8.87. The van der Waals surface area contributed by atoms with Crippen molar-refractivity contribution in [3.63, 3.8) is 0 Å². The predicted molar refractivity (Wildman–Crippen MR) is 69.0 cm³/mol. The predicted octanol–water partition coefficient (Wildman–Crippen LogP) is 2.88. The van der Waals surface area contributed by atoms with Crippen LogP contribution in [0.25, 0.3) is 0 Å². The van der Waals surface area contributed by atoms with Gasteiger partial charge in [0.05, 0.1) is 5.56 Å². The van der Waals surface area contributed by atoms with Crippen molar-refractivity contribution in [3.05, 3.63) is 29.8 Å². The number of carbonyl (C=O) groups excluding carboxylic acids is 1. The highest BCUT2D eigenvalue weighted by Gasteiger charge is 2.13.